The van der Waals surface area contributed by atoms with Gasteiger partial charge in [0.2, 0.25) is 0 Å². The molecule has 0 radical (unpaired) electrons. The number of esters is 2. The zero-order chi connectivity index (χ0) is 7.78. The topological polar surface area (TPSA) is 52.6 Å². The third-order valence-corrected chi connectivity index (χ3v) is 1.09. The van der Waals surface area contributed by atoms with E-state index in [2.05, 4.69) is 9.47 Å². The van der Waals surface area contributed by atoms with E-state index in [4.69, 9.17) is 0 Å². The molecule has 10 heavy (non-hydrogen) atoms. The average Bonchev–Trinajstić information content (AvgIpc) is 1.79. The van der Waals surface area contributed by atoms with Crippen molar-refractivity contribution in [3.8, 4) is 0 Å². The molecule has 0 N–H and O–H groups in total. The lowest BCUT2D eigenvalue weighted by Crippen LogP contribution is -2.43. The van der Waals surface area contributed by atoms with Crippen LogP contribution in [-0.4, -0.2) is 24.1 Å². The SMILES string of the molecule is CC1(C)COC(=O)C(=O)O1. The molecule has 4 nitrogen and oxygen atoms in total. The van der Waals surface area contributed by atoms with Gasteiger partial charge >= 0.3 is 11.9 Å². The van der Waals surface area contributed by atoms with Gasteiger partial charge in [-0.15, -0.1) is 0 Å². The maximum absolute atomic E-state index is 10.5. The summed E-state index contributed by atoms with van der Waals surface area (Å²) in [6.45, 7) is 3.49. The summed E-state index contributed by atoms with van der Waals surface area (Å²) < 4.78 is 9.16. The Kier molecular flexibility index (Phi) is 1.39. The van der Waals surface area contributed by atoms with Crippen molar-refractivity contribution in [2.75, 3.05) is 6.61 Å². The largest absolute Gasteiger partial charge is 0.453 e. The van der Waals surface area contributed by atoms with Crippen LogP contribution in [0.15, 0.2) is 0 Å². The number of rotatable bonds is 0. The van der Waals surface area contributed by atoms with Crippen LogP contribution in [0.25, 0.3) is 0 Å². The highest BCUT2D eigenvalue weighted by molar-refractivity contribution is 6.30. The lowest BCUT2D eigenvalue weighted by Gasteiger charge is -2.27. The summed E-state index contributed by atoms with van der Waals surface area (Å²) in [5.41, 5.74) is -0.662. The zero-order valence-corrected chi connectivity index (χ0v) is 5.84. The molecule has 0 aliphatic carbocycles. The van der Waals surface area contributed by atoms with Gasteiger partial charge in [-0.25, -0.2) is 9.59 Å². The fourth-order valence-corrected chi connectivity index (χ4v) is 0.620. The fraction of sp³-hybridized carbons (Fsp3) is 0.667. The van der Waals surface area contributed by atoms with Gasteiger partial charge in [0.25, 0.3) is 0 Å². The summed E-state index contributed by atoms with van der Waals surface area (Å²) >= 11 is 0. The highest BCUT2D eigenvalue weighted by Crippen LogP contribution is 2.14. The molecule has 1 rings (SSSR count). The van der Waals surface area contributed by atoms with Crippen molar-refractivity contribution in [3.05, 3.63) is 0 Å². The van der Waals surface area contributed by atoms with Crippen LogP contribution >= 0.6 is 0 Å². The predicted molar refractivity (Wildman–Crippen MR) is 31.1 cm³/mol. The minimum absolute atomic E-state index is 0.136. The molecule has 0 aromatic heterocycles. The molecule has 56 valence electrons. The second kappa shape index (κ2) is 1.97. The lowest BCUT2D eigenvalue weighted by atomic mass is 10.1. The van der Waals surface area contributed by atoms with Gasteiger partial charge in [-0.05, 0) is 13.8 Å². The van der Waals surface area contributed by atoms with Crippen LogP contribution in [0.2, 0.25) is 0 Å². The molecule has 1 aliphatic rings. The van der Waals surface area contributed by atoms with Gasteiger partial charge in [0.15, 0.2) is 0 Å². The maximum Gasteiger partial charge on any atom is 0.418 e. The van der Waals surface area contributed by atoms with Gasteiger partial charge in [-0.1, -0.05) is 0 Å². The third kappa shape index (κ3) is 1.26. The summed E-state index contributed by atoms with van der Waals surface area (Å²) in [5.74, 6) is -1.81. The van der Waals surface area contributed by atoms with Crippen LogP contribution < -0.4 is 0 Å². The van der Waals surface area contributed by atoms with Gasteiger partial charge < -0.3 is 9.47 Å². The zero-order valence-electron chi connectivity index (χ0n) is 5.84. The first kappa shape index (κ1) is 7.05. The van der Waals surface area contributed by atoms with E-state index in [0.29, 0.717) is 0 Å². The van der Waals surface area contributed by atoms with Crippen LogP contribution in [0.5, 0.6) is 0 Å². The van der Waals surface area contributed by atoms with E-state index < -0.39 is 17.5 Å². The number of carbonyl (C=O) groups excluding carboxylic acids is 2. The second-order valence-corrected chi connectivity index (χ2v) is 2.73. The van der Waals surface area contributed by atoms with E-state index in [-0.39, 0.29) is 6.61 Å². The van der Waals surface area contributed by atoms with Crippen molar-refractivity contribution in [1.82, 2.24) is 0 Å². The third-order valence-electron chi connectivity index (χ3n) is 1.09. The second-order valence-electron chi connectivity index (χ2n) is 2.73. The van der Waals surface area contributed by atoms with E-state index in [1.54, 1.807) is 13.8 Å². The maximum atomic E-state index is 10.5. The smallest absolute Gasteiger partial charge is 0.418 e. The van der Waals surface area contributed by atoms with E-state index in [1.807, 2.05) is 0 Å². The van der Waals surface area contributed by atoms with Crippen LogP contribution in [0, 0.1) is 0 Å². The summed E-state index contributed by atoms with van der Waals surface area (Å²) in [7, 11) is 0. The number of carbonyl (C=O) groups is 2. The Balaban J connectivity index is 2.66. The van der Waals surface area contributed by atoms with Crippen LogP contribution in [0.4, 0.5) is 0 Å². The standard InChI is InChI=1S/C6H8O4/c1-6(2)3-9-4(7)5(8)10-6/h3H2,1-2H3. The van der Waals surface area contributed by atoms with E-state index in [9.17, 15) is 9.59 Å². The molecule has 1 saturated heterocycles. The van der Waals surface area contributed by atoms with Gasteiger partial charge in [-0.2, -0.15) is 0 Å². The number of cyclic esters (lactones) is 2. The minimum Gasteiger partial charge on any atom is -0.453 e. The van der Waals surface area contributed by atoms with Crippen LogP contribution in [-0.2, 0) is 19.1 Å². The molecular formula is C6H8O4. The van der Waals surface area contributed by atoms with E-state index in [0.717, 1.165) is 0 Å². The molecule has 4 heteroatoms. The summed E-state index contributed by atoms with van der Waals surface area (Å²) in [5, 5.41) is 0. The molecular weight excluding hydrogens is 136 g/mol. The van der Waals surface area contributed by atoms with Crippen molar-refractivity contribution in [2.24, 2.45) is 0 Å². The van der Waals surface area contributed by atoms with Crippen LogP contribution in [0.1, 0.15) is 13.8 Å². The molecule has 0 saturated carbocycles. The Morgan fingerprint density at radius 2 is 1.90 bits per heavy atom. The Morgan fingerprint density at radius 3 is 2.30 bits per heavy atom. The van der Waals surface area contributed by atoms with Crippen molar-refractivity contribution in [3.63, 3.8) is 0 Å². The summed E-state index contributed by atoms with van der Waals surface area (Å²) in [6, 6.07) is 0. The number of hydrogen-bond donors (Lipinski definition) is 0. The minimum atomic E-state index is -0.906. The normalized spacial score (nSPS) is 23.4. The molecule has 0 bridgehead atoms. The van der Waals surface area contributed by atoms with E-state index >= 15 is 0 Å². The quantitative estimate of drug-likeness (QED) is 0.351. The van der Waals surface area contributed by atoms with Crippen molar-refractivity contribution < 1.29 is 19.1 Å². The van der Waals surface area contributed by atoms with Gasteiger partial charge in [0.05, 0.1) is 0 Å². The molecule has 1 fully saturated rings. The molecule has 0 unspecified atom stereocenters. The Hall–Kier alpha value is -1.06. The monoisotopic (exact) mass is 144 g/mol. The summed E-state index contributed by atoms with van der Waals surface area (Å²) in [6.07, 6.45) is 0. The lowest BCUT2D eigenvalue weighted by molar-refractivity contribution is -0.194. The van der Waals surface area contributed by atoms with Crippen LogP contribution in [0.3, 0.4) is 0 Å². The fourth-order valence-electron chi connectivity index (χ4n) is 0.620. The molecule has 0 aromatic rings. The Labute approximate surface area is 58.1 Å². The molecule has 0 amide bonds. The first-order chi connectivity index (χ1) is 4.51. The van der Waals surface area contributed by atoms with Crippen molar-refractivity contribution in [1.29, 1.82) is 0 Å². The first-order valence-electron chi connectivity index (χ1n) is 2.91. The van der Waals surface area contributed by atoms with Gasteiger partial charge in [-0.3, -0.25) is 0 Å². The van der Waals surface area contributed by atoms with Crippen molar-refractivity contribution in [2.45, 2.75) is 19.4 Å². The molecule has 1 heterocycles. The molecule has 0 aromatic carbocycles. The molecule has 1 aliphatic heterocycles. The Bertz CT molecular complexity index is 182. The number of ether oxygens (including phenoxy) is 2. The highest BCUT2D eigenvalue weighted by Gasteiger charge is 2.35. The number of hydrogen-bond acceptors (Lipinski definition) is 4. The average molecular weight is 144 g/mol. The van der Waals surface area contributed by atoms with E-state index in [1.165, 1.54) is 0 Å². The Morgan fingerprint density at radius 1 is 1.30 bits per heavy atom. The molecule has 0 atom stereocenters. The predicted octanol–water partition coefficient (Wildman–Crippen LogP) is -0.135. The highest BCUT2D eigenvalue weighted by atomic mass is 16.6. The summed E-state index contributed by atoms with van der Waals surface area (Å²) in [4.78, 5) is 20.9. The van der Waals surface area contributed by atoms with Gasteiger partial charge in [0, 0.05) is 0 Å². The molecule has 0 spiro atoms. The first-order valence-corrected chi connectivity index (χ1v) is 2.91. The van der Waals surface area contributed by atoms with Gasteiger partial charge in [0.1, 0.15) is 12.2 Å². The van der Waals surface area contributed by atoms with Crippen molar-refractivity contribution >= 4 is 11.9 Å².